The number of hydrogen-bond donors (Lipinski definition) is 0. The molecule has 0 bridgehead atoms. The van der Waals surface area contributed by atoms with Gasteiger partial charge in [-0.15, -0.1) is 0 Å². The molecule has 0 amide bonds. The van der Waals surface area contributed by atoms with Crippen LogP contribution in [0.15, 0.2) is 0 Å². The summed E-state index contributed by atoms with van der Waals surface area (Å²) in [6.07, 6.45) is -0.294. The first-order valence-electron chi connectivity index (χ1n) is 7.64. The number of carbonyl (C=O) groups excluding carboxylic acids is 2. The molecule has 0 aromatic carbocycles. The van der Waals surface area contributed by atoms with Crippen LogP contribution in [0.1, 0.15) is 12.8 Å². The van der Waals surface area contributed by atoms with Crippen molar-refractivity contribution in [2.24, 2.45) is 5.41 Å². The molecule has 25 heavy (non-hydrogen) atoms. The number of carbonyl (C=O) groups is 2. The van der Waals surface area contributed by atoms with Crippen molar-refractivity contribution in [2.45, 2.75) is 12.8 Å². The third-order valence-electron chi connectivity index (χ3n) is 3.90. The predicted molar refractivity (Wildman–Crippen MR) is 84.5 cm³/mol. The van der Waals surface area contributed by atoms with Crippen LogP contribution < -0.4 is 0 Å². The lowest BCUT2D eigenvalue weighted by molar-refractivity contribution is -0.141. The van der Waals surface area contributed by atoms with Gasteiger partial charge in [-0.05, 0) is 0 Å². The Hall–Kier alpha value is -0.760. The molecule has 12 heteroatoms. The molecule has 2 heterocycles. The third-order valence-corrected chi connectivity index (χ3v) is 7.54. The van der Waals surface area contributed by atoms with Gasteiger partial charge in [0.1, 0.15) is 0 Å². The third kappa shape index (κ3) is 5.61. The number of methoxy groups -OCH3 is 2. The van der Waals surface area contributed by atoms with Crippen molar-refractivity contribution in [3.8, 4) is 0 Å². The Morgan fingerprint density at radius 3 is 1.40 bits per heavy atom. The van der Waals surface area contributed by atoms with E-state index in [4.69, 9.17) is 18.1 Å². The molecule has 1 spiro atoms. The fourth-order valence-corrected chi connectivity index (χ4v) is 5.64. The molecule has 2 fully saturated rings. The summed E-state index contributed by atoms with van der Waals surface area (Å²) in [5.41, 5.74) is -0.724. The Morgan fingerprint density at radius 2 is 1.12 bits per heavy atom. The summed E-state index contributed by atoms with van der Waals surface area (Å²) in [7, 11) is -4.27. The molecule has 2 saturated heterocycles. The fourth-order valence-electron chi connectivity index (χ4n) is 2.18. The Morgan fingerprint density at radius 1 is 0.800 bits per heavy atom. The van der Waals surface area contributed by atoms with Gasteiger partial charge in [-0.3, -0.25) is 18.7 Å². The first-order valence-corrected chi connectivity index (χ1v) is 11.1. The molecule has 0 unspecified atom stereocenters. The average molecular weight is 400 g/mol. The highest BCUT2D eigenvalue weighted by molar-refractivity contribution is 7.54. The van der Waals surface area contributed by atoms with Crippen LogP contribution in [0.3, 0.4) is 0 Å². The highest BCUT2D eigenvalue weighted by atomic mass is 31.2. The molecule has 2 rings (SSSR count). The summed E-state index contributed by atoms with van der Waals surface area (Å²) >= 11 is 0. The highest BCUT2D eigenvalue weighted by Gasteiger charge is 2.48. The summed E-state index contributed by atoms with van der Waals surface area (Å²) in [6.45, 7) is 0.121. The predicted octanol–water partition coefficient (Wildman–Crippen LogP) is 1.58. The Bertz CT molecular complexity index is 524. The van der Waals surface area contributed by atoms with Crippen molar-refractivity contribution < 1.29 is 46.3 Å². The normalized spacial score (nSPS) is 35.3. The Balaban J connectivity index is 1.83. The van der Waals surface area contributed by atoms with E-state index in [0.717, 1.165) is 0 Å². The number of esters is 2. The standard InChI is InChI=1S/C13H22O10P2/c1-18-11(14)3-5-24(16)20-7-13(8-21-24)9-22-25(17,23-10-13)6-4-12(15)19-2/h3-10H2,1-2H3. The summed E-state index contributed by atoms with van der Waals surface area (Å²) in [5.74, 6) is -1.00. The van der Waals surface area contributed by atoms with Gasteiger partial charge in [0.05, 0.1) is 71.2 Å². The van der Waals surface area contributed by atoms with E-state index in [1.807, 2.05) is 0 Å². The lowest BCUT2D eigenvalue weighted by Crippen LogP contribution is -2.46. The summed E-state index contributed by atoms with van der Waals surface area (Å²) in [6, 6.07) is 0. The number of ether oxygens (including phenoxy) is 2. The van der Waals surface area contributed by atoms with E-state index in [9.17, 15) is 18.7 Å². The molecule has 0 aromatic rings. The molecule has 0 N–H and O–H groups in total. The van der Waals surface area contributed by atoms with Crippen LogP contribution in [0.5, 0.6) is 0 Å². The van der Waals surface area contributed by atoms with E-state index in [0.29, 0.717) is 0 Å². The van der Waals surface area contributed by atoms with Gasteiger partial charge in [-0.25, -0.2) is 0 Å². The van der Waals surface area contributed by atoms with Crippen molar-refractivity contribution >= 4 is 27.1 Å². The second-order valence-electron chi connectivity index (χ2n) is 5.92. The quantitative estimate of drug-likeness (QED) is 0.479. The lowest BCUT2D eigenvalue weighted by atomic mass is 9.93. The van der Waals surface area contributed by atoms with Crippen molar-refractivity contribution in [3.63, 3.8) is 0 Å². The van der Waals surface area contributed by atoms with Crippen molar-refractivity contribution in [1.29, 1.82) is 0 Å². The molecule has 10 nitrogen and oxygen atoms in total. The minimum Gasteiger partial charge on any atom is -0.469 e. The van der Waals surface area contributed by atoms with Gasteiger partial charge >= 0.3 is 27.1 Å². The second kappa shape index (κ2) is 8.29. The molecular weight excluding hydrogens is 378 g/mol. The van der Waals surface area contributed by atoms with Gasteiger partial charge in [-0.2, -0.15) is 0 Å². The fraction of sp³-hybridized carbons (Fsp3) is 0.846. The Kier molecular flexibility index (Phi) is 6.81. The average Bonchev–Trinajstić information content (AvgIpc) is 2.63. The van der Waals surface area contributed by atoms with E-state index in [1.165, 1.54) is 14.2 Å². The van der Waals surface area contributed by atoms with Crippen LogP contribution in [0, 0.1) is 5.41 Å². The highest BCUT2D eigenvalue weighted by Crippen LogP contribution is 2.59. The largest absolute Gasteiger partial charge is 0.469 e. The molecule has 0 aromatic heterocycles. The molecule has 0 saturated carbocycles. The monoisotopic (exact) mass is 400 g/mol. The van der Waals surface area contributed by atoms with E-state index in [1.54, 1.807) is 0 Å². The molecule has 0 radical (unpaired) electrons. The first-order chi connectivity index (χ1) is 11.7. The van der Waals surface area contributed by atoms with Crippen LogP contribution in [-0.4, -0.2) is 64.9 Å². The zero-order valence-corrected chi connectivity index (χ0v) is 15.9. The van der Waals surface area contributed by atoms with Crippen LogP contribution in [0.25, 0.3) is 0 Å². The van der Waals surface area contributed by atoms with Gasteiger partial charge < -0.3 is 27.6 Å². The van der Waals surface area contributed by atoms with Crippen LogP contribution in [0.4, 0.5) is 0 Å². The van der Waals surface area contributed by atoms with Crippen molar-refractivity contribution in [2.75, 3.05) is 53.0 Å². The van der Waals surface area contributed by atoms with Crippen LogP contribution in [-0.2, 0) is 46.3 Å². The zero-order valence-electron chi connectivity index (χ0n) is 14.1. The number of rotatable bonds is 6. The molecule has 0 aliphatic carbocycles. The van der Waals surface area contributed by atoms with Crippen molar-refractivity contribution in [1.82, 2.24) is 0 Å². The van der Waals surface area contributed by atoms with E-state index >= 15 is 0 Å². The van der Waals surface area contributed by atoms with Gasteiger partial charge in [0.2, 0.25) is 0 Å². The maximum Gasteiger partial charge on any atom is 0.331 e. The zero-order chi connectivity index (χ0) is 18.6. The van der Waals surface area contributed by atoms with E-state index in [2.05, 4.69) is 9.47 Å². The van der Waals surface area contributed by atoms with Crippen LogP contribution in [0.2, 0.25) is 0 Å². The summed E-state index contributed by atoms with van der Waals surface area (Å²) in [5, 5.41) is 0. The maximum absolute atomic E-state index is 12.4. The van der Waals surface area contributed by atoms with Gasteiger partial charge in [0.25, 0.3) is 0 Å². The van der Waals surface area contributed by atoms with E-state index < -0.39 is 32.5 Å². The van der Waals surface area contributed by atoms with Gasteiger partial charge in [0, 0.05) is 0 Å². The lowest BCUT2D eigenvalue weighted by Gasteiger charge is -2.42. The number of hydrogen-bond acceptors (Lipinski definition) is 10. The van der Waals surface area contributed by atoms with Crippen molar-refractivity contribution in [3.05, 3.63) is 0 Å². The Labute approximate surface area is 145 Å². The second-order valence-corrected chi connectivity index (χ2v) is 10.3. The summed E-state index contributed by atoms with van der Waals surface area (Å²) in [4.78, 5) is 22.3. The SMILES string of the molecule is COC(=O)CCP1(=O)OCC2(CO1)COP(=O)(CCC(=O)OC)OC2. The molecule has 144 valence electrons. The van der Waals surface area contributed by atoms with E-state index in [-0.39, 0.29) is 51.6 Å². The first kappa shape index (κ1) is 20.6. The van der Waals surface area contributed by atoms with Gasteiger partial charge in [-0.1, -0.05) is 0 Å². The minimum absolute atomic E-state index is 0.0302. The summed E-state index contributed by atoms with van der Waals surface area (Å²) < 4.78 is 55.1. The van der Waals surface area contributed by atoms with Crippen LogP contribution >= 0.6 is 15.2 Å². The molecule has 0 atom stereocenters. The molecule has 2 aliphatic heterocycles. The smallest absolute Gasteiger partial charge is 0.331 e. The molecule has 2 aliphatic rings. The topological polar surface area (TPSA) is 124 Å². The molecular formula is C13H22O10P2. The maximum atomic E-state index is 12.4. The van der Waals surface area contributed by atoms with Gasteiger partial charge in [0.15, 0.2) is 0 Å². The minimum atomic E-state index is -3.38.